The average molecular weight is 386 g/mol. The van der Waals surface area contributed by atoms with Crippen LogP contribution < -0.4 is 10.6 Å². The summed E-state index contributed by atoms with van der Waals surface area (Å²) in [6.07, 6.45) is 4.14. The predicted octanol–water partition coefficient (Wildman–Crippen LogP) is 3.11. The molecule has 1 aliphatic carbocycles. The lowest BCUT2D eigenvalue weighted by atomic mass is 10.1. The Morgan fingerprint density at radius 1 is 1.11 bits per heavy atom. The van der Waals surface area contributed by atoms with Crippen LogP contribution in [0.3, 0.4) is 0 Å². The summed E-state index contributed by atoms with van der Waals surface area (Å²) in [7, 11) is 0. The van der Waals surface area contributed by atoms with E-state index in [0.717, 1.165) is 50.6 Å². The number of nitrogens with one attached hydrogen (secondary N) is 2. The van der Waals surface area contributed by atoms with Gasteiger partial charge in [0.15, 0.2) is 5.96 Å². The zero-order valence-electron chi connectivity index (χ0n) is 18.0. The molecular formula is C23H39N5. The van der Waals surface area contributed by atoms with Crippen LogP contribution in [0.4, 0.5) is 0 Å². The highest BCUT2D eigenvalue weighted by Crippen LogP contribution is 2.31. The second kappa shape index (κ2) is 10.8. The fourth-order valence-corrected chi connectivity index (χ4v) is 4.33. The summed E-state index contributed by atoms with van der Waals surface area (Å²) in [5.74, 6) is 1.71. The van der Waals surface area contributed by atoms with Gasteiger partial charge in [0, 0.05) is 25.7 Å². The predicted molar refractivity (Wildman–Crippen MR) is 119 cm³/mol. The molecule has 1 aliphatic heterocycles. The van der Waals surface area contributed by atoms with Crippen molar-refractivity contribution in [2.24, 2.45) is 10.9 Å². The lowest BCUT2D eigenvalue weighted by Gasteiger charge is -2.29. The monoisotopic (exact) mass is 385 g/mol. The van der Waals surface area contributed by atoms with Crippen LogP contribution >= 0.6 is 0 Å². The Morgan fingerprint density at radius 3 is 2.50 bits per heavy atom. The zero-order valence-corrected chi connectivity index (χ0v) is 18.0. The maximum atomic E-state index is 4.97. The molecule has 2 atom stereocenters. The third-order valence-corrected chi connectivity index (χ3v) is 6.14. The third-order valence-electron chi connectivity index (χ3n) is 6.14. The summed E-state index contributed by atoms with van der Waals surface area (Å²) < 4.78 is 0. The standard InChI is InChI=1S/C23H39N5/c1-4-24-23(25-16-19-14-15-28(18-19)21-12-13-21)26-17-22(27(5-2)6-3)20-10-8-7-9-11-20/h7-11,19,21-22H,4-6,12-18H2,1-3H3,(H2,24,25,26). The highest BCUT2D eigenvalue weighted by atomic mass is 15.2. The van der Waals surface area contributed by atoms with E-state index in [9.17, 15) is 0 Å². The van der Waals surface area contributed by atoms with E-state index in [2.05, 4.69) is 71.5 Å². The van der Waals surface area contributed by atoms with Gasteiger partial charge in [0.2, 0.25) is 0 Å². The van der Waals surface area contributed by atoms with Gasteiger partial charge in [-0.1, -0.05) is 44.2 Å². The van der Waals surface area contributed by atoms with Crippen molar-refractivity contribution in [1.29, 1.82) is 0 Å². The van der Waals surface area contributed by atoms with Crippen molar-refractivity contribution >= 4 is 5.96 Å². The Balaban J connectivity index is 1.59. The fourth-order valence-electron chi connectivity index (χ4n) is 4.33. The molecule has 5 heteroatoms. The zero-order chi connectivity index (χ0) is 19.8. The molecule has 2 unspecified atom stereocenters. The van der Waals surface area contributed by atoms with E-state index in [4.69, 9.17) is 4.99 Å². The molecule has 28 heavy (non-hydrogen) atoms. The molecule has 1 aromatic rings. The minimum atomic E-state index is 0.323. The van der Waals surface area contributed by atoms with Crippen LogP contribution in [0.5, 0.6) is 0 Å². The number of rotatable bonds is 10. The molecule has 1 saturated carbocycles. The Morgan fingerprint density at radius 2 is 1.86 bits per heavy atom. The molecule has 1 heterocycles. The van der Waals surface area contributed by atoms with Crippen molar-refractivity contribution in [2.75, 3.05) is 45.8 Å². The number of likely N-dealkylation sites (N-methyl/N-ethyl adjacent to an activating group) is 1. The SMILES string of the molecule is CCNC(=NCC(c1ccccc1)N(CC)CC)NCC1CCN(C2CC2)C1. The first-order valence-electron chi connectivity index (χ1n) is 11.3. The van der Waals surface area contributed by atoms with Crippen molar-refractivity contribution in [3.63, 3.8) is 0 Å². The van der Waals surface area contributed by atoms with Crippen LogP contribution in [0.25, 0.3) is 0 Å². The van der Waals surface area contributed by atoms with Crippen LogP contribution in [0.2, 0.25) is 0 Å². The van der Waals surface area contributed by atoms with Crippen LogP contribution in [-0.2, 0) is 0 Å². The van der Waals surface area contributed by atoms with E-state index in [1.54, 1.807) is 0 Å². The van der Waals surface area contributed by atoms with E-state index in [1.807, 2.05) is 0 Å². The normalized spacial score (nSPS) is 21.9. The molecule has 2 aliphatic rings. The van der Waals surface area contributed by atoms with Gasteiger partial charge in [0.25, 0.3) is 0 Å². The second-order valence-corrected chi connectivity index (χ2v) is 8.13. The number of hydrogen-bond donors (Lipinski definition) is 2. The number of nitrogens with zero attached hydrogens (tertiary/aromatic N) is 3. The first kappa shape index (κ1) is 21.1. The van der Waals surface area contributed by atoms with Crippen LogP contribution in [0.1, 0.15) is 51.6 Å². The number of guanidine groups is 1. The summed E-state index contributed by atoms with van der Waals surface area (Å²) in [5, 5.41) is 7.06. The van der Waals surface area contributed by atoms with E-state index >= 15 is 0 Å². The molecule has 1 saturated heterocycles. The molecular weight excluding hydrogens is 346 g/mol. The summed E-state index contributed by atoms with van der Waals surface area (Å²) in [6, 6.07) is 12.0. The number of hydrogen-bond acceptors (Lipinski definition) is 3. The maximum Gasteiger partial charge on any atom is 0.191 e. The minimum Gasteiger partial charge on any atom is -0.357 e. The molecule has 1 aromatic carbocycles. The van der Waals surface area contributed by atoms with Gasteiger partial charge in [0.1, 0.15) is 0 Å². The van der Waals surface area contributed by atoms with Gasteiger partial charge < -0.3 is 15.5 Å². The number of likely N-dealkylation sites (tertiary alicyclic amines) is 1. The largest absolute Gasteiger partial charge is 0.357 e. The topological polar surface area (TPSA) is 42.9 Å². The second-order valence-electron chi connectivity index (χ2n) is 8.13. The first-order chi connectivity index (χ1) is 13.7. The van der Waals surface area contributed by atoms with Gasteiger partial charge >= 0.3 is 0 Å². The van der Waals surface area contributed by atoms with Crippen LogP contribution in [0.15, 0.2) is 35.3 Å². The maximum absolute atomic E-state index is 4.97. The van der Waals surface area contributed by atoms with Crippen molar-refractivity contribution in [1.82, 2.24) is 20.4 Å². The Kier molecular flexibility index (Phi) is 8.16. The Hall–Kier alpha value is -1.59. The van der Waals surface area contributed by atoms with E-state index in [-0.39, 0.29) is 0 Å². The quantitative estimate of drug-likeness (QED) is 0.480. The summed E-state index contributed by atoms with van der Waals surface area (Å²) in [6.45, 7) is 13.9. The van der Waals surface area contributed by atoms with Gasteiger partial charge in [-0.3, -0.25) is 9.89 Å². The minimum absolute atomic E-state index is 0.323. The number of benzene rings is 1. The molecule has 0 amide bonds. The van der Waals surface area contributed by atoms with E-state index in [0.29, 0.717) is 6.04 Å². The van der Waals surface area contributed by atoms with E-state index in [1.165, 1.54) is 37.9 Å². The molecule has 0 radical (unpaired) electrons. The molecule has 0 spiro atoms. The Bertz CT molecular complexity index is 594. The lowest BCUT2D eigenvalue weighted by molar-refractivity contribution is 0.224. The van der Waals surface area contributed by atoms with Crippen molar-refractivity contribution < 1.29 is 0 Å². The van der Waals surface area contributed by atoms with Crippen molar-refractivity contribution in [3.05, 3.63) is 35.9 Å². The van der Waals surface area contributed by atoms with Crippen molar-refractivity contribution in [2.45, 2.75) is 52.1 Å². The molecule has 2 fully saturated rings. The highest BCUT2D eigenvalue weighted by Gasteiger charge is 2.34. The van der Waals surface area contributed by atoms with Crippen LogP contribution in [-0.4, -0.2) is 67.6 Å². The number of aliphatic imine (C=N–C) groups is 1. The molecule has 2 N–H and O–H groups in total. The molecule has 0 aromatic heterocycles. The molecule has 5 nitrogen and oxygen atoms in total. The van der Waals surface area contributed by atoms with Gasteiger partial charge in [-0.05, 0) is 57.3 Å². The molecule has 3 rings (SSSR count). The fraction of sp³-hybridized carbons (Fsp3) is 0.696. The molecule has 0 bridgehead atoms. The van der Waals surface area contributed by atoms with Gasteiger partial charge in [-0.25, -0.2) is 0 Å². The third kappa shape index (κ3) is 5.95. The summed E-state index contributed by atoms with van der Waals surface area (Å²) in [4.78, 5) is 10.1. The van der Waals surface area contributed by atoms with Crippen LogP contribution in [0, 0.1) is 5.92 Å². The van der Waals surface area contributed by atoms with Gasteiger partial charge in [0.05, 0.1) is 12.6 Å². The first-order valence-corrected chi connectivity index (χ1v) is 11.3. The summed E-state index contributed by atoms with van der Waals surface area (Å²) in [5.41, 5.74) is 1.35. The lowest BCUT2D eigenvalue weighted by Crippen LogP contribution is -2.41. The van der Waals surface area contributed by atoms with E-state index < -0.39 is 0 Å². The average Bonchev–Trinajstić information content (AvgIpc) is 3.48. The highest BCUT2D eigenvalue weighted by molar-refractivity contribution is 5.79. The molecule has 156 valence electrons. The van der Waals surface area contributed by atoms with Gasteiger partial charge in [-0.15, -0.1) is 0 Å². The summed E-state index contributed by atoms with van der Waals surface area (Å²) >= 11 is 0. The van der Waals surface area contributed by atoms with Gasteiger partial charge in [-0.2, -0.15) is 0 Å². The smallest absolute Gasteiger partial charge is 0.191 e. The Labute approximate surface area is 171 Å². The van der Waals surface area contributed by atoms with Crippen molar-refractivity contribution in [3.8, 4) is 0 Å².